The molecule has 0 unspecified atom stereocenters. The molecule has 3 heterocycles. The van der Waals surface area contributed by atoms with E-state index in [1.807, 2.05) is 0 Å². The minimum Gasteiger partial charge on any atom is -0.370 e. The zero-order valence-electron chi connectivity index (χ0n) is 28.2. The van der Waals surface area contributed by atoms with Crippen LogP contribution in [0.15, 0.2) is 146 Å². The minimum absolute atomic E-state index is 1.01. The van der Waals surface area contributed by atoms with Crippen LogP contribution in [-0.4, -0.2) is 21.1 Å². The Morgan fingerprint density at radius 3 is 1.27 bits per heavy atom. The molecule has 0 aliphatic carbocycles. The van der Waals surface area contributed by atoms with Gasteiger partial charge in [0.25, 0.3) is 0 Å². The van der Waals surface area contributed by atoms with Crippen molar-refractivity contribution < 1.29 is 0 Å². The maximum Gasteiger partial charge on any atom is 0.0481 e. The molecule has 0 bridgehead atoms. The van der Waals surface area contributed by atoms with Crippen LogP contribution in [0, 0.1) is 0 Å². The Morgan fingerprint density at radius 2 is 0.729 bits per heavy atom. The van der Waals surface area contributed by atoms with Gasteiger partial charge in [-0.25, -0.2) is 0 Å². The fraction of sp³-hybridized carbons (Fsp3) is 0.156. The van der Waals surface area contributed by atoms with Gasteiger partial charge < -0.3 is 14.7 Å². The Bertz CT molecular complexity index is 1960. The third-order valence-corrected chi connectivity index (χ3v) is 9.72. The lowest BCUT2D eigenvalue weighted by Crippen LogP contribution is -2.16. The second-order valence-corrected chi connectivity index (χ2v) is 12.8. The van der Waals surface area contributed by atoms with E-state index in [1.165, 1.54) is 67.4 Å². The molecule has 0 amide bonds. The van der Waals surface area contributed by atoms with Gasteiger partial charge >= 0.3 is 0 Å². The lowest BCUT2D eigenvalue weighted by Gasteiger charge is -2.21. The first-order valence-electron chi connectivity index (χ1n) is 16.9. The van der Waals surface area contributed by atoms with Gasteiger partial charge in [0.15, 0.2) is 0 Å². The second kappa shape index (κ2) is 14.1. The SMILES string of the molecule is CN1Cc2ccccc2Cc2ccccc21.CN1c2ccccc2C=Cc2ccccc21.CN1c2ccccc2CCc2ccccc21. The predicted octanol–water partition coefficient (Wildman–Crippen LogP) is 10.7. The third-order valence-electron chi connectivity index (χ3n) is 9.72. The van der Waals surface area contributed by atoms with Crippen LogP contribution in [0.3, 0.4) is 0 Å². The van der Waals surface area contributed by atoms with Gasteiger partial charge in [0.1, 0.15) is 0 Å². The molecule has 3 aliphatic rings. The molecule has 0 saturated carbocycles. The van der Waals surface area contributed by atoms with E-state index in [4.69, 9.17) is 0 Å². The predicted molar refractivity (Wildman–Crippen MR) is 206 cm³/mol. The van der Waals surface area contributed by atoms with Crippen molar-refractivity contribution >= 4 is 40.6 Å². The molecule has 6 aromatic rings. The normalized spacial score (nSPS) is 13.6. The Morgan fingerprint density at radius 1 is 0.354 bits per heavy atom. The number of nitrogens with zero attached hydrogens (tertiary/aromatic N) is 3. The highest BCUT2D eigenvalue weighted by molar-refractivity contribution is 5.88. The first-order chi connectivity index (χ1) is 23.6. The molecule has 6 aromatic carbocycles. The van der Waals surface area contributed by atoms with Gasteiger partial charge in [-0.1, -0.05) is 127 Å². The molecule has 3 nitrogen and oxygen atoms in total. The van der Waals surface area contributed by atoms with Gasteiger partial charge in [-0.2, -0.15) is 0 Å². The molecule has 0 N–H and O–H groups in total. The van der Waals surface area contributed by atoms with Crippen LogP contribution in [0.2, 0.25) is 0 Å². The van der Waals surface area contributed by atoms with Gasteiger partial charge in [-0.05, 0) is 88.5 Å². The van der Waals surface area contributed by atoms with Crippen LogP contribution in [0.25, 0.3) is 12.2 Å². The highest BCUT2D eigenvalue weighted by Gasteiger charge is 2.17. The third kappa shape index (κ3) is 6.50. The first kappa shape index (κ1) is 31.1. The summed E-state index contributed by atoms with van der Waals surface area (Å²) < 4.78 is 0. The molecule has 0 saturated heterocycles. The molecule has 0 spiro atoms. The summed E-state index contributed by atoms with van der Waals surface area (Å²) in [5, 5.41) is 0. The van der Waals surface area contributed by atoms with Crippen LogP contribution in [0.1, 0.15) is 38.9 Å². The Hall–Kier alpha value is -5.54. The molecule has 0 radical (unpaired) electrons. The molecule has 48 heavy (non-hydrogen) atoms. The summed E-state index contributed by atoms with van der Waals surface area (Å²) in [7, 11) is 6.44. The van der Waals surface area contributed by atoms with Gasteiger partial charge in [-0.15, -0.1) is 0 Å². The summed E-state index contributed by atoms with van der Waals surface area (Å²) in [6, 6.07) is 51.7. The summed E-state index contributed by atoms with van der Waals surface area (Å²) in [5.74, 6) is 0. The highest BCUT2D eigenvalue weighted by Crippen LogP contribution is 2.36. The fourth-order valence-corrected chi connectivity index (χ4v) is 7.14. The quantitative estimate of drug-likeness (QED) is 0.166. The van der Waals surface area contributed by atoms with E-state index in [1.54, 1.807) is 0 Å². The molecular weight excluding hydrogens is 583 g/mol. The van der Waals surface area contributed by atoms with Crippen LogP contribution in [0.4, 0.5) is 28.4 Å². The number of hydrogen-bond acceptors (Lipinski definition) is 3. The lowest BCUT2D eigenvalue weighted by atomic mass is 10.0. The van der Waals surface area contributed by atoms with E-state index < -0.39 is 0 Å². The monoisotopic (exact) mass is 625 g/mol. The van der Waals surface area contributed by atoms with Crippen molar-refractivity contribution in [3.8, 4) is 0 Å². The summed E-state index contributed by atoms with van der Waals surface area (Å²) >= 11 is 0. The minimum atomic E-state index is 1.01. The van der Waals surface area contributed by atoms with Gasteiger partial charge in [0.05, 0.1) is 0 Å². The van der Waals surface area contributed by atoms with Crippen LogP contribution < -0.4 is 14.7 Å². The fourth-order valence-electron chi connectivity index (χ4n) is 7.14. The summed E-state index contributed by atoms with van der Waals surface area (Å²) in [4.78, 5) is 6.88. The van der Waals surface area contributed by atoms with Crippen LogP contribution in [0.5, 0.6) is 0 Å². The van der Waals surface area contributed by atoms with Gasteiger partial charge in [0, 0.05) is 56.1 Å². The largest absolute Gasteiger partial charge is 0.370 e. The summed E-state index contributed by atoms with van der Waals surface area (Å²) in [6.07, 6.45) is 7.68. The molecule has 0 atom stereocenters. The van der Waals surface area contributed by atoms with Crippen LogP contribution in [-0.2, 0) is 25.8 Å². The number of benzene rings is 6. The van der Waals surface area contributed by atoms with Crippen molar-refractivity contribution in [3.63, 3.8) is 0 Å². The summed E-state index contributed by atoms with van der Waals surface area (Å²) in [6.45, 7) is 1.01. The van der Waals surface area contributed by atoms with Crippen molar-refractivity contribution in [2.24, 2.45) is 0 Å². The first-order valence-corrected chi connectivity index (χ1v) is 16.9. The van der Waals surface area contributed by atoms with Crippen molar-refractivity contribution in [2.75, 3.05) is 35.8 Å². The maximum absolute atomic E-state index is 2.33. The zero-order chi connectivity index (χ0) is 32.9. The number of rotatable bonds is 0. The topological polar surface area (TPSA) is 9.72 Å². The average Bonchev–Trinajstić information content (AvgIpc) is 3.46. The average molecular weight is 626 g/mol. The molecule has 0 fully saturated rings. The van der Waals surface area contributed by atoms with Crippen molar-refractivity contribution in [1.29, 1.82) is 0 Å². The molecule has 0 aromatic heterocycles. The van der Waals surface area contributed by atoms with Crippen molar-refractivity contribution in [1.82, 2.24) is 0 Å². The zero-order valence-corrected chi connectivity index (χ0v) is 28.2. The lowest BCUT2D eigenvalue weighted by molar-refractivity contribution is 0.926. The van der Waals surface area contributed by atoms with E-state index >= 15 is 0 Å². The standard InChI is InChI=1S/C15H15N.C15H13N.C15H15N/c2*1-16-14-8-4-2-6-12(14)10-11-13-7-3-5-9-15(13)16;1-16-11-14-8-3-2-6-12(14)10-13-7-4-5-9-15(13)16/h2-9H,10-11H2,1H3;2-11H,1H3;2-9H,10-11H2,1H3. The molecule has 3 heteroatoms. The van der Waals surface area contributed by atoms with Gasteiger partial charge in [-0.3, -0.25) is 0 Å². The molecule has 9 rings (SSSR count). The Labute approximate surface area is 286 Å². The molecule has 238 valence electrons. The Balaban J connectivity index is 0.000000114. The smallest absolute Gasteiger partial charge is 0.0481 e. The van der Waals surface area contributed by atoms with E-state index in [0.717, 1.165) is 25.8 Å². The molecular formula is C45H43N3. The van der Waals surface area contributed by atoms with Crippen molar-refractivity contribution in [2.45, 2.75) is 25.8 Å². The van der Waals surface area contributed by atoms with Crippen LogP contribution >= 0.6 is 0 Å². The van der Waals surface area contributed by atoms with Gasteiger partial charge in [0.2, 0.25) is 0 Å². The number of para-hydroxylation sites is 5. The number of fused-ring (bicyclic) bond motifs is 6. The van der Waals surface area contributed by atoms with E-state index in [9.17, 15) is 0 Å². The number of anilines is 5. The molecule has 3 aliphatic heterocycles. The van der Waals surface area contributed by atoms with E-state index in [-0.39, 0.29) is 0 Å². The Kier molecular flexibility index (Phi) is 9.11. The van der Waals surface area contributed by atoms with E-state index in [0.29, 0.717) is 0 Å². The number of aryl methyl sites for hydroxylation is 2. The summed E-state index contributed by atoms with van der Waals surface area (Å²) in [5.41, 5.74) is 16.3. The second-order valence-electron chi connectivity index (χ2n) is 12.8. The maximum atomic E-state index is 2.33. The van der Waals surface area contributed by atoms with E-state index in [2.05, 4.69) is 194 Å². The number of hydrogen-bond donors (Lipinski definition) is 0. The van der Waals surface area contributed by atoms with Crippen molar-refractivity contribution in [3.05, 3.63) is 185 Å². The highest BCUT2D eigenvalue weighted by atomic mass is 15.1.